The van der Waals surface area contributed by atoms with Crippen LogP contribution in [0.25, 0.3) is 11.3 Å². The molecule has 17 heavy (non-hydrogen) atoms. The van der Waals surface area contributed by atoms with Gasteiger partial charge < -0.3 is 15.7 Å². The monoisotopic (exact) mass is 235 g/mol. The number of rotatable bonds is 4. The van der Waals surface area contributed by atoms with E-state index in [2.05, 4.69) is 9.79 Å². The van der Waals surface area contributed by atoms with Gasteiger partial charge in [-0.25, -0.2) is 0 Å². The molecule has 0 saturated heterocycles. The topological polar surface area (TPSA) is 88.2 Å². The van der Waals surface area contributed by atoms with Crippen molar-refractivity contribution in [2.75, 3.05) is 13.2 Å². The average molecular weight is 235 g/mol. The van der Waals surface area contributed by atoms with E-state index in [0.29, 0.717) is 17.0 Å². The third-order valence-electron chi connectivity index (χ3n) is 2.26. The van der Waals surface area contributed by atoms with Gasteiger partial charge in [-0.2, -0.15) is 0 Å². The van der Waals surface area contributed by atoms with E-state index >= 15 is 0 Å². The molecule has 6 nitrogen and oxygen atoms in total. The fraction of sp³-hybridized carbons (Fsp3) is 0.273. The molecule has 0 atom stereocenters. The lowest BCUT2D eigenvalue weighted by molar-refractivity contribution is -0.793. The highest BCUT2D eigenvalue weighted by molar-refractivity contribution is 5.61. The first-order chi connectivity index (χ1) is 8.22. The molecular weight excluding hydrogens is 222 g/mol. The Kier molecular flexibility index (Phi) is 3.24. The van der Waals surface area contributed by atoms with Gasteiger partial charge in [-0.1, -0.05) is 17.7 Å². The zero-order valence-corrected chi connectivity index (χ0v) is 9.42. The molecule has 2 N–H and O–H groups in total. The van der Waals surface area contributed by atoms with Gasteiger partial charge in [0.25, 0.3) is 5.69 Å². The molecule has 0 aliphatic heterocycles. The number of aryl methyl sites for hydroxylation is 1. The molecule has 1 aromatic heterocycles. The smallest absolute Gasteiger partial charge is 0.402 e. The average Bonchev–Trinajstić information content (AvgIpc) is 2.69. The van der Waals surface area contributed by atoms with Crippen LogP contribution in [0, 0.1) is 12.1 Å². The van der Waals surface area contributed by atoms with E-state index in [1.165, 1.54) is 0 Å². The molecule has 0 aliphatic rings. The van der Waals surface area contributed by atoms with Gasteiger partial charge in [-0.3, -0.25) is 4.63 Å². The van der Waals surface area contributed by atoms with Crippen LogP contribution < -0.4 is 15.4 Å². The number of hydrogen-bond acceptors (Lipinski definition) is 5. The third kappa shape index (κ3) is 2.36. The third-order valence-corrected chi connectivity index (χ3v) is 2.26. The fourth-order valence-electron chi connectivity index (χ4n) is 1.43. The highest BCUT2D eigenvalue weighted by atomic mass is 16.8. The summed E-state index contributed by atoms with van der Waals surface area (Å²) >= 11 is 0. The summed E-state index contributed by atoms with van der Waals surface area (Å²) in [6, 6.07) is 7.42. The van der Waals surface area contributed by atoms with Crippen LogP contribution in [-0.4, -0.2) is 18.3 Å². The van der Waals surface area contributed by atoms with Crippen molar-refractivity contribution in [1.82, 2.24) is 5.16 Å². The number of aromatic nitrogens is 2. The summed E-state index contributed by atoms with van der Waals surface area (Å²) in [4.78, 5) is 0.330. The lowest BCUT2D eigenvalue weighted by Crippen LogP contribution is -2.25. The predicted octanol–water partition coefficient (Wildman–Crippen LogP) is 0.621. The summed E-state index contributed by atoms with van der Waals surface area (Å²) in [5, 5.41) is 15.0. The van der Waals surface area contributed by atoms with Gasteiger partial charge in [0.05, 0.1) is 5.16 Å². The lowest BCUT2D eigenvalue weighted by atomic mass is 10.1. The van der Waals surface area contributed by atoms with Crippen molar-refractivity contribution in [3.63, 3.8) is 0 Å². The molecule has 0 amide bonds. The van der Waals surface area contributed by atoms with Gasteiger partial charge in [-0.15, -0.1) is 0 Å². The Morgan fingerprint density at radius 2 is 2.12 bits per heavy atom. The SMILES string of the molecule is Cc1ccc(-c2c(OCCN)no[n+]2[O-])cc1. The van der Waals surface area contributed by atoms with Gasteiger partial charge >= 0.3 is 5.88 Å². The molecule has 0 fully saturated rings. The van der Waals surface area contributed by atoms with Crippen LogP contribution in [0.15, 0.2) is 28.9 Å². The molecule has 1 heterocycles. The Balaban J connectivity index is 2.36. The summed E-state index contributed by atoms with van der Waals surface area (Å²) < 4.78 is 9.76. The first kappa shape index (κ1) is 11.4. The number of nitrogens with two attached hydrogens (primary N) is 1. The molecule has 2 aromatic rings. The van der Waals surface area contributed by atoms with Gasteiger partial charge in [0, 0.05) is 12.1 Å². The van der Waals surface area contributed by atoms with Gasteiger partial charge in [-0.05, 0) is 24.0 Å². The summed E-state index contributed by atoms with van der Waals surface area (Å²) in [5.41, 5.74) is 7.38. The van der Waals surface area contributed by atoms with Crippen molar-refractivity contribution < 1.29 is 14.3 Å². The highest BCUT2D eigenvalue weighted by Crippen LogP contribution is 2.24. The molecule has 1 aromatic carbocycles. The van der Waals surface area contributed by atoms with Crippen LogP contribution in [0.2, 0.25) is 0 Å². The molecule has 0 aliphatic carbocycles. The Bertz CT molecular complexity index is 493. The maximum absolute atomic E-state index is 11.5. The maximum Gasteiger partial charge on any atom is 0.402 e. The van der Waals surface area contributed by atoms with Crippen LogP contribution >= 0.6 is 0 Å². The molecule has 0 unspecified atom stereocenters. The van der Waals surface area contributed by atoms with E-state index in [0.717, 1.165) is 5.56 Å². The summed E-state index contributed by atoms with van der Waals surface area (Å²) in [5.74, 6) is 0.161. The molecule has 6 heteroatoms. The lowest BCUT2D eigenvalue weighted by Gasteiger charge is -2.00. The van der Waals surface area contributed by atoms with Crippen LogP contribution in [0.4, 0.5) is 0 Å². The van der Waals surface area contributed by atoms with Crippen molar-refractivity contribution in [3.05, 3.63) is 35.0 Å². The second-order valence-electron chi connectivity index (χ2n) is 3.59. The van der Waals surface area contributed by atoms with Crippen LogP contribution in [0.1, 0.15) is 5.56 Å². The molecule has 0 bridgehead atoms. The van der Waals surface area contributed by atoms with Gasteiger partial charge in [0.2, 0.25) is 0 Å². The zero-order valence-electron chi connectivity index (χ0n) is 9.42. The Labute approximate surface area is 98.1 Å². The van der Waals surface area contributed by atoms with Crippen molar-refractivity contribution >= 4 is 0 Å². The number of benzene rings is 1. The molecule has 2 rings (SSSR count). The van der Waals surface area contributed by atoms with Crippen LogP contribution in [-0.2, 0) is 0 Å². The number of nitrogens with zero attached hydrogens (tertiary/aromatic N) is 2. The van der Waals surface area contributed by atoms with E-state index in [1.54, 1.807) is 0 Å². The minimum atomic E-state index is 0.161. The van der Waals surface area contributed by atoms with Crippen LogP contribution in [0.5, 0.6) is 5.88 Å². The first-order valence-corrected chi connectivity index (χ1v) is 5.22. The largest absolute Gasteiger partial charge is 0.454 e. The zero-order chi connectivity index (χ0) is 12.3. The number of hydrogen-bond donors (Lipinski definition) is 1. The van der Waals surface area contributed by atoms with Gasteiger partial charge in [0.1, 0.15) is 6.61 Å². The van der Waals surface area contributed by atoms with E-state index in [1.807, 2.05) is 31.2 Å². The second-order valence-corrected chi connectivity index (χ2v) is 3.59. The van der Waals surface area contributed by atoms with Crippen molar-refractivity contribution in [2.24, 2.45) is 5.73 Å². The quantitative estimate of drug-likeness (QED) is 0.785. The van der Waals surface area contributed by atoms with Crippen LogP contribution in [0.3, 0.4) is 0 Å². The Morgan fingerprint density at radius 1 is 1.41 bits per heavy atom. The first-order valence-electron chi connectivity index (χ1n) is 5.22. The van der Waals surface area contributed by atoms with Crippen molar-refractivity contribution in [1.29, 1.82) is 0 Å². The summed E-state index contributed by atoms with van der Waals surface area (Å²) in [6.07, 6.45) is 0. The maximum atomic E-state index is 11.5. The second kappa shape index (κ2) is 4.84. The van der Waals surface area contributed by atoms with E-state index < -0.39 is 0 Å². The molecule has 0 radical (unpaired) electrons. The van der Waals surface area contributed by atoms with E-state index in [4.69, 9.17) is 10.5 Å². The fourth-order valence-corrected chi connectivity index (χ4v) is 1.43. The Morgan fingerprint density at radius 3 is 2.76 bits per heavy atom. The minimum Gasteiger partial charge on any atom is -0.454 e. The Hall–Kier alpha value is -2.08. The molecule has 0 spiro atoms. The van der Waals surface area contributed by atoms with Crippen molar-refractivity contribution in [2.45, 2.75) is 6.92 Å². The summed E-state index contributed by atoms with van der Waals surface area (Å²) in [7, 11) is 0. The molecule has 0 saturated carbocycles. The van der Waals surface area contributed by atoms with Gasteiger partial charge in [0.15, 0.2) is 0 Å². The van der Waals surface area contributed by atoms with E-state index in [-0.39, 0.29) is 18.2 Å². The summed E-state index contributed by atoms with van der Waals surface area (Å²) in [6.45, 7) is 2.60. The van der Waals surface area contributed by atoms with E-state index in [9.17, 15) is 5.21 Å². The minimum absolute atomic E-state index is 0.161. The molecule has 90 valence electrons. The molecular formula is C11H13N3O3. The standard InChI is InChI=1S/C11H13N3O3/c1-8-2-4-9(5-3-8)10-11(16-7-6-12)13-17-14(10)15/h2-5H,6-7,12H2,1H3. The normalized spacial score (nSPS) is 10.5. The van der Waals surface area contributed by atoms with Crippen molar-refractivity contribution in [3.8, 4) is 17.1 Å². The highest BCUT2D eigenvalue weighted by Gasteiger charge is 2.22. The predicted molar refractivity (Wildman–Crippen MR) is 60.2 cm³/mol. The number of ether oxygens (including phenoxy) is 1.